The standard InChI is InChI=1S/C41H82N3O2/c1-3-5-7-9-11-13-15-17-19-21-23-25-27-29-31-34-40(45)43-37-33-36-42-38-39-44-41(46)35-32-30-28-26-24-22-20-18-16-14-12-10-8-6-4-2/h3-39H2,1-2H3,(H,43,45)(H,44,46). The maximum absolute atomic E-state index is 12.0. The van der Waals surface area contributed by atoms with E-state index >= 15 is 0 Å². The SMILES string of the molecule is CCCCCCCCCCCCCCCCCC(=O)NCCC[N]CCNC(=O)CCCCCCCCCCCCCCCCC. The molecule has 0 fully saturated rings. The Labute approximate surface area is 288 Å². The molecule has 0 aromatic carbocycles. The van der Waals surface area contributed by atoms with E-state index in [9.17, 15) is 9.59 Å². The molecule has 273 valence electrons. The molecule has 0 aromatic rings. The third-order valence-electron chi connectivity index (χ3n) is 9.42. The molecule has 0 aliphatic carbocycles. The predicted octanol–water partition coefficient (Wildman–Crippen LogP) is 11.7. The normalized spacial score (nSPS) is 11.3. The summed E-state index contributed by atoms with van der Waals surface area (Å²) in [5, 5.41) is 10.5. The number of carbonyl (C=O) groups is 2. The number of amides is 2. The van der Waals surface area contributed by atoms with E-state index in [1.54, 1.807) is 0 Å². The van der Waals surface area contributed by atoms with Crippen LogP contribution in [0.2, 0.25) is 0 Å². The lowest BCUT2D eigenvalue weighted by Gasteiger charge is -2.07. The van der Waals surface area contributed by atoms with Crippen LogP contribution in [0.25, 0.3) is 0 Å². The lowest BCUT2D eigenvalue weighted by molar-refractivity contribution is -0.122. The number of unbranched alkanes of at least 4 members (excludes halogenated alkanes) is 28. The van der Waals surface area contributed by atoms with E-state index in [0.717, 1.165) is 25.8 Å². The van der Waals surface area contributed by atoms with Gasteiger partial charge in [-0.25, -0.2) is 5.32 Å². The Balaban J connectivity index is 3.24. The lowest BCUT2D eigenvalue weighted by Crippen LogP contribution is -2.30. The van der Waals surface area contributed by atoms with Crippen molar-refractivity contribution in [3.8, 4) is 0 Å². The Morgan fingerprint density at radius 2 is 0.630 bits per heavy atom. The first-order valence-corrected chi connectivity index (χ1v) is 20.9. The Bertz CT molecular complexity index is 561. The van der Waals surface area contributed by atoms with Crippen molar-refractivity contribution in [1.82, 2.24) is 16.0 Å². The van der Waals surface area contributed by atoms with Gasteiger partial charge in [0.15, 0.2) is 0 Å². The second kappa shape index (κ2) is 40.1. The smallest absolute Gasteiger partial charge is 0.220 e. The summed E-state index contributed by atoms with van der Waals surface area (Å²) in [6.45, 7) is 7.30. The number of carbonyl (C=O) groups excluding carboxylic acids is 2. The van der Waals surface area contributed by atoms with Crippen molar-refractivity contribution in [2.24, 2.45) is 0 Å². The molecule has 0 saturated heterocycles. The molecule has 0 atom stereocenters. The molecule has 0 aliphatic heterocycles. The van der Waals surface area contributed by atoms with Crippen LogP contribution >= 0.6 is 0 Å². The van der Waals surface area contributed by atoms with Crippen LogP contribution in [-0.2, 0) is 9.59 Å². The van der Waals surface area contributed by atoms with Crippen LogP contribution in [-0.4, -0.2) is 38.0 Å². The van der Waals surface area contributed by atoms with Crippen LogP contribution in [0, 0.1) is 0 Å². The van der Waals surface area contributed by atoms with Gasteiger partial charge in [0.05, 0.1) is 0 Å². The van der Waals surface area contributed by atoms with Gasteiger partial charge >= 0.3 is 0 Å². The van der Waals surface area contributed by atoms with Gasteiger partial charge in [-0.3, -0.25) is 9.59 Å². The summed E-state index contributed by atoms with van der Waals surface area (Å²) in [4.78, 5) is 24.1. The number of nitrogens with zero attached hydrogens (tertiary/aromatic N) is 1. The van der Waals surface area contributed by atoms with E-state index in [2.05, 4.69) is 29.8 Å². The van der Waals surface area contributed by atoms with Crippen molar-refractivity contribution in [3.63, 3.8) is 0 Å². The largest absolute Gasteiger partial charge is 0.356 e. The molecule has 0 saturated carbocycles. The summed E-state index contributed by atoms with van der Waals surface area (Å²) >= 11 is 0. The first-order valence-electron chi connectivity index (χ1n) is 20.9. The molecular formula is C41H82N3O2. The second-order valence-electron chi connectivity index (χ2n) is 14.1. The quantitative estimate of drug-likeness (QED) is 0.0651. The summed E-state index contributed by atoms with van der Waals surface area (Å²) in [5.41, 5.74) is 0. The molecule has 5 heteroatoms. The number of hydrogen-bond acceptors (Lipinski definition) is 2. The molecule has 1 radical (unpaired) electrons. The molecule has 46 heavy (non-hydrogen) atoms. The summed E-state index contributed by atoms with van der Waals surface area (Å²) < 4.78 is 0. The van der Waals surface area contributed by atoms with Crippen molar-refractivity contribution < 1.29 is 9.59 Å². The van der Waals surface area contributed by atoms with E-state index in [1.165, 1.54) is 180 Å². The minimum Gasteiger partial charge on any atom is -0.356 e. The average molecular weight is 649 g/mol. The molecule has 0 heterocycles. The van der Waals surface area contributed by atoms with Crippen molar-refractivity contribution in [3.05, 3.63) is 0 Å². The van der Waals surface area contributed by atoms with Gasteiger partial charge in [0.25, 0.3) is 0 Å². The zero-order valence-corrected chi connectivity index (χ0v) is 31.4. The van der Waals surface area contributed by atoms with Crippen molar-refractivity contribution in [2.45, 2.75) is 226 Å². The summed E-state index contributed by atoms with van der Waals surface area (Å²) in [6.07, 6.45) is 42.6. The van der Waals surface area contributed by atoms with Gasteiger partial charge in [0.2, 0.25) is 11.8 Å². The summed E-state index contributed by atoms with van der Waals surface area (Å²) in [5.74, 6) is 0.344. The fourth-order valence-electron chi connectivity index (χ4n) is 6.30. The number of rotatable bonds is 39. The van der Waals surface area contributed by atoms with Gasteiger partial charge < -0.3 is 10.6 Å². The fourth-order valence-corrected chi connectivity index (χ4v) is 6.30. The molecule has 0 spiro atoms. The fraction of sp³-hybridized carbons (Fsp3) is 0.951. The van der Waals surface area contributed by atoms with Gasteiger partial charge in [-0.2, -0.15) is 0 Å². The molecular weight excluding hydrogens is 566 g/mol. The highest BCUT2D eigenvalue weighted by Crippen LogP contribution is 2.15. The van der Waals surface area contributed by atoms with E-state index in [4.69, 9.17) is 0 Å². The van der Waals surface area contributed by atoms with E-state index in [0.29, 0.717) is 32.5 Å². The molecule has 0 bridgehead atoms. The second-order valence-corrected chi connectivity index (χ2v) is 14.1. The maximum atomic E-state index is 12.0. The molecule has 0 rings (SSSR count). The average Bonchev–Trinajstić information content (AvgIpc) is 3.05. The van der Waals surface area contributed by atoms with Gasteiger partial charge in [-0.15, -0.1) is 0 Å². The molecule has 2 amide bonds. The molecule has 2 N–H and O–H groups in total. The summed E-state index contributed by atoms with van der Waals surface area (Å²) in [6, 6.07) is 0. The monoisotopic (exact) mass is 649 g/mol. The van der Waals surface area contributed by atoms with E-state index < -0.39 is 0 Å². The van der Waals surface area contributed by atoms with Crippen molar-refractivity contribution in [2.75, 3.05) is 26.2 Å². The number of nitrogens with one attached hydrogen (secondary N) is 2. The van der Waals surface area contributed by atoms with Crippen LogP contribution in [0.1, 0.15) is 226 Å². The van der Waals surface area contributed by atoms with Crippen molar-refractivity contribution >= 4 is 11.8 Å². The van der Waals surface area contributed by atoms with Crippen LogP contribution in [0.4, 0.5) is 0 Å². The summed E-state index contributed by atoms with van der Waals surface area (Å²) in [7, 11) is 0. The van der Waals surface area contributed by atoms with Crippen LogP contribution in [0.15, 0.2) is 0 Å². The first-order chi connectivity index (χ1) is 22.7. The number of hydrogen-bond donors (Lipinski definition) is 2. The molecule has 0 unspecified atom stereocenters. The Hall–Kier alpha value is -1.10. The Morgan fingerprint density at radius 3 is 0.957 bits per heavy atom. The third-order valence-corrected chi connectivity index (χ3v) is 9.42. The van der Waals surface area contributed by atoms with Crippen LogP contribution < -0.4 is 16.0 Å². The van der Waals surface area contributed by atoms with Gasteiger partial charge in [-0.05, 0) is 19.3 Å². The minimum absolute atomic E-state index is 0.163. The maximum Gasteiger partial charge on any atom is 0.220 e. The van der Waals surface area contributed by atoms with Crippen molar-refractivity contribution in [1.29, 1.82) is 0 Å². The van der Waals surface area contributed by atoms with Gasteiger partial charge in [0.1, 0.15) is 0 Å². The van der Waals surface area contributed by atoms with Gasteiger partial charge in [0, 0.05) is 39.0 Å². The third kappa shape index (κ3) is 39.1. The van der Waals surface area contributed by atoms with Gasteiger partial charge in [-0.1, -0.05) is 194 Å². The minimum atomic E-state index is 0.163. The topological polar surface area (TPSA) is 72.3 Å². The predicted molar refractivity (Wildman–Crippen MR) is 202 cm³/mol. The zero-order chi connectivity index (χ0) is 33.4. The molecule has 5 nitrogen and oxygen atoms in total. The molecule has 0 aromatic heterocycles. The first kappa shape index (κ1) is 44.9. The molecule has 0 aliphatic rings. The highest BCUT2D eigenvalue weighted by Gasteiger charge is 2.03. The highest BCUT2D eigenvalue weighted by atomic mass is 16.2. The zero-order valence-electron chi connectivity index (χ0n) is 31.4. The van der Waals surface area contributed by atoms with E-state index in [1.807, 2.05) is 0 Å². The Morgan fingerprint density at radius 1 is 0.348 bits per heavy atom. The van der Waals surface area contributed by atoms with Crippen LogP contribution in [0.3, 0.4) is 0 Å². The lowest BCUT2D eigenvalue weighted by atomic mass is 10.0. The van der Waals surface area contributed by atoms with E-state index in [-0.39, 0.29) is 11.8 Å². The Kier molecular flexibility index (Phi) is 39.1. The highest BCUT2D eigenvalue weighted by molar-refractivity contribution is 5.76. The van der Waals surface area contributed by atoms with Crippen LogP contribution in [0.5, 0.6) is 0 Å².